The molecule has 0 saturated heterocycles. The first-order chi connectivity index (χ1) is 6.24. The Kier molecular flexibility index (Phi) is 5.39. The van der Waals surface area contributed by atoms with Gasteiger partial charge in [-0.1, -0.05) is 6.07 Å². The second kappa shape index (κ2) is 6.08. The van der Waals surface area contributed by atoms with Gasteiger partial charge in [-0.15, -0.1) is 0 Å². The highest BCUT2D eigenvalue weighted by Crippen LogP contribution is 2.13. The molecule has 0 bridgehead atoms. The second-order valence-electron chi connectivity index (χ2n) is 2.43. The molecule has 0 radical (unpaired) electrons. The number of aryl methyl sites for hydroxylation is 1. The van der Waals surface area contributed by atoms with Crippen LogP contribution in [0.15, 0.2) is 24.5 Å². The lowest BCUT2D eigenvalue weighted by molar-refractivity contribution is 0.399. The summed E-state index contributed by atoms with van der Waals surface area (Å²) in [6.45, 7) is 1.95. The average Bonchev–Trinajstić information content (AvgIpc) is 2.14. The van der Waals surface area contributed by atoms with Crippen molar-refractivity contribution in [3.8, 4) is 0 Å². The lowest BCUT2D eigenvalue weighted by atomic mass is 10.1. The van der Waals surface area contributed by atoms with E-state index >= 15 is 0 Å². The Morgan fingerprint density at radius 1 is 1.31 bits per heavy atom. The van der Waals surface area contributed by atoms with Crippen LogP contribution in [0, 0.1) is 6.92 Å². The lowest BCUT2D eigenvalue weighted by Crippen LogP contribution is -1.87. The van der Waals surface area contributed by atoms with Crippen LogP contribution in [0.3, 0.4) is 0 Å². The summed E-state index contributed by atoms with van der Waals surface area (Å²) in [5.41, 5.74) is 8.34. The fraction of sp³-hybridized carbons (Fsp3) is 0.200. The van der Waals surface area contributed by atoms with Crippen LogP contribution in [-0.4, -0.2) is 17.3 Å². The Morgan fingerprint density at radius 2 is 1.92 bits per heavy atom. The molecule has 1 aromatic carbocycles. The summed E-state index contributed by atoms with van der Waals surface area (Å²) < 4.78 is 0. The maximum atomic E-state index is 8.50. The summed E-state index contributed by atoms with van der Waals surface area (Å²) in [4.78, 5) is 0. The van der Waals surface area contributed by atoms with Gasteiger partial charge in [-0.2, -0.15) is 0 Å². The van der Waals surface area contributed by atoms with E-state index in [0.717, 1.165) is 30.2 Å². The molecule has 0 atom stereocenters. The van der Waals surface area contributed by atoms with E-state index in [9.17, 15) is 0 Å². The second-order valence-corrected chi connectivity index (χ2v) is 2.43. The van der Waals surface area contributed by atoms with E-state index < -0.39 is 0 Å². The van der Waals surface area contributed by atoms with E-state index in [1.807, 2.05) is 25.1 Å². The van der Waals surface area contributed by atoms with Crippen LogP contribution in [-0.2, 0) is 0 Å². The lowest BCUT2D eigenvalue weighted by Gasteiger charge is -1.99. The molecule has 3 nitrogen and oxygen atoms in total. The van der Waals surface area contributed by atoms with Gasteiger partial charge in [0.2, 0.25) is 0 Å². The average molecular weight is 181 g/mol. The zero-order valence-electron chi connectivity index (χ0n) is 7.86. The van der Waals surface area contributed by atoms with Gasteiger partial charge in [-0.05, 0) is 36.3 Å². The standard InChI is InChI=1S/C9H11NO.CH4O/c1-7-6-9(10)3-2-8(7)4-5-11;1-2/h2-6,11H,10H2,1H3;2H,1H3/b5-4-;. The summed E-state index contributed by atoms with van der Waals surface area (Å²) in [6, 6.07) is 5.55. The first kappa shape index (κ1) is 11.5. The van der Waals surface area contributed by atoms with E-state index in [2.05, 4.69) is 0 Å². The van der Waals surface area contributed by atoms with E-state index in [0.29, 0.717) is 0 Å². The quantitative estimate of drug-likeness (QED) is 0.456. The largest absolute Gasteiger partial charge is 0.516 e. The highest BCUT2D eigenvalue weighted by atomic mass is 16.2. The number of hydrogen-bond acceptors (Lipinski definition) is 3. The summed E-state index contributed by atoms with van der Waals surface area (Å²) in [5.74, 6) is 0. The number of anilines is 1. The van der Waals surface area contributed by atoms with E-state index in [-0.39, 0.29) is 0 Å². The molecule has 0 aliphatic carbocycles. The van der Waals surface area contributed by atoms with Crippen molar-refractivity contribution in [1.29, 1.82) is 0 Å². The predicted octanol–water partition coefficient (Wildman–Crippen LogP) is 1.71. The molecule has 0 aliphatic rings. The molecule has 72 valence electrons. The van der Waals surface area contributed by atoms with Crippen molar-refractivity contribution >= 4 is 11.8 Å². The smallest absolute Gasteiger partial charge is 0.0797 e. The SMILES string of the molecule is CO.Cc1cc(N)ccc1/C=C\O. The van der Waals surface area contributed by atoms with Crippen molar-refractivity contribution in [3.63, 3.8) is 0 Å². The number of aliphatic hydroxyl groups excluding tert-OH is 2. The molecule has 1 rings (SSSR count). The van der Waals surface area contributed by atoms with Gasteiger partial charge in [0, 0.05) is 12.8 Å². The number of hydrogen-bond donors (Lipinski definition) is 3. The molecule has 0 fully saturated rings. The van der Waals surface area contributed by atoms with Crippen molar-refractivity contribution in [2.45, 2.75) is 6.92 Å². The Hall–Kier alpha value is -1.48. The van der Waals surface area contributed by atoms with Crippen LogP contribution >= 0.6 is 0 Å². The van der Waals surface area contributed by atoms with Crippen LogP contribution in [0.1, 0.15) is 11.1 Å². The van der Waals surface area contributed by atoms with Crippen LogP contribution in [0.2, 0.25) is 0 Å². The molecule has 0 spiro atoms. The third kappa shape index (κ3) is 3.62. The van der Waals surface area contributed by atoms with Gasteiger partial charge in [0.1, 0.15) is 0 Å². The Morgan fingerprint density at radius 3 is 2.38 bits per heavy atom. The molecule has 13 heavy (non-hydrogen) atoms. The van der Waals surface area contributed by atoms with E-state index in [1.54, 1.807) is 6.08 Å². The Balaban J connectivity index is 0.000000671. The third-order valence-electron chi connectivity index (χ3n) is 1.55. The van der Waals surface area contributed by atoms with Gasteiger partial charge >= 0.3 is 0 Å². The number of nitrogen functional groups attached to an aromatic ring is 1. The summed E-state index contributed by atoms with van der Waals surface area (Å²) in [5, 5.41) is 15.5. The summed E-state index contributed by atoms with van der Waals surface area (Å²) in [6.07, 6.45) is 2.66. The van der Waals surface area contributed by atoms with Gasteiger partial charge < -0.3 is 15.9 Å². The first-order valence-corrected chi connectivity index (χ1v) is 3.85. The van der Waals surface area contributed by atoms with Gasteiger partial charge in [0.15, 0.2) is 0 Å². The van der Waals surface area contributed by atoms with Gasteiger partial charge in [-0.25, -0.2) is 0 Å². The minimum absolute atomic E-state index is 0.748. The Bertz CT molecular complexity index is 282. The monoisotopic (exact) mass is 181 g/mol. The number of rotatable bonds is 1. The van der Waals surface area contributed by atoms with Crippen molar-refractivity contribution < 1.29 is 10.2 Å². The van der Waals surface area contributed by atoms with E-state index in [4.69, 9.17) is 15.9 Å². The topological polar surface area (TPSA) is 66.5 Å². The zero-order chi connectivity index (χ0) is 10.3. The maximum Gasteiger partial charge on any atom is 0.0797 e. The minimum atomic E-state index is 0.748. The van der Waals surface area contributed by atoms with Crippen molar-refractivity contribution in [3.05, 3.63) is 35.6 Å². The highest BCUT2D eigenvalue weighted by molar-refractivity contribution is 5.57. The van der Waals surface area contributed by atoms with Gasteiger partial charge in [0.05, 0.1) is 6.26 Å². The summed E-state index contributed by atoms with van der Waals surface area (Å²) in [7, 11) is 1.00. The predicted molar refractivity (Wildman–Crippen MR) is 55.4 cm³/mol. The molecular weight excluding hydrogens is 166 g/mol. The molecule has 0 heterocycles. The van der Waals surface area contributed by atoms with E-state index in [1.165, 1.54) is 0 Å². The number of aliphatic hydroxyl groups is 2. The van der Waals surface area contributed by atoms with Crippen molar-refractivity contribution in [1.82, 2.24) is 0 Å². The molecule has 0 aliphatic heterocycles. The fourth-order valence-corrected chi connectivity index (χ4v) is 0.966. The molecule has 0 aromatic heterocycles. The molecule has 0 unspecified atom stereocenters. The highest BCUT2D eigenvalue weighted by Gasteiger charge is 1.92. The van der Waals surface area contributed by atoms with Crippen molar-refractivity contribution in [2.75, 3.05) is 12.8 Å². The van der Waals surface area contributed by atoms with Crippen LogP contribution in [0.4, 0.5) is 5.69 Å². The normalized spacial score (nSPS) is 9.46. The van der Waals surface area contributed by atoms with Crippen LogP contribution < -0.4 is 5.73 Å². The number of nitrogens with two attached hydrogens (primary N) is 1. The van der Waals surface area contributed by atoms with Crippen molar-refractivity contribution in [2.24, 2.45) is 0 Å². The van der Waals surface area contributed by atoms with Gasteiger partial charge in [0.25, 0.3) is 0 Å². The molecule has 0 saturated carbocycles. The zero-order valence-corrected chi connectivity index (χ0v) is 7.86. The molecule has 0 amide bonds. The molecule has 1 aromatic rings. The Labute approximate surface area is 78.1 Å². The number of benzene rings is 1. The molecular formula is C10H15NO2. The van der Waals surface area contributed by atoms with Gasteiger partial charge in [-0.3, -0.25) is 0 Å². The van der Waals surface area contributed by atoms with Crippen LogP contribution in [0.25, 0.3) is 6.08 Å². The molecule has 4 N–H and O–H groups in total. The molecule has 3 heteroatoms. The first-order valence-electron chi connectivity index (χ1n) is 3.85. The third-order valence-corrected chi connectivity index (χ3v) is 1.55. The summed E-state index contributed by atoms with van der Waals surface area (Å²) >= 11 is 0. The minimum Gasteiger partial charge on any atom is -0.516 e. The fourth-order valence-electron chi connectivity index (χ4n) is 0.966. The maximum absolute atomic E-state index is 8.50. The van der Waals surface area contributed by atoms with Crippen LogP contribution in [0.5, 0.6) is 0 Å².